The highest BCUT2D eigenvalue weighted by Crippen LogP contribution is 2.25. The summed E-state index contributed by atoms with van der Waals surface area (Å²) in [6.45, 7) is 2.52. The SMILES string of the molecule is O=C1NCCCn2nc3c(c21)CC(NCCc1ccncc1)CC3. The maximum Gasteiger partial charge on any atom is 0.269 e. The summed E-state index contributed by atoms with van der Waals surface area (Å²) in [6.07, 6.45) is 8.56. The van der Waals surface area contributed by atoms with Gasteiger partial charge < -0.3 is 10.6 Å². The monoisotopic (exact) mass is 325 g/mol. The van der Waals surface area contributed by atoms with Crippen molar-refractivity contribution in [2.45, 2.75) is 44.7 Å². The number of aryl methyl sites for hydroxylation is 2. The fourth-order valence-corrected chi connectivity index (χ4v) is 3.70. The Morgan fingerprint density at radius 3 is 3.08 bits per heavy atom. The summed E-state index contributed by atoms with van der Waals surface area (Å²) in [4.78, 5) is 16.4. The minimum Gasteiger partial charge on any atom is -0.351 e. The molecule has 2 aromatic heterocycles. The molecule has 0 aromatic carbocycles. The van der Waals surface area contributed by atoms with E-state index in [0.29, 0.717) is 6.04 Å². The third-order valence-electron chi connectivity index (χ3n) is 4.96. The third kappa shape index (κ3) is 3.06. The molecule has 2 aromatic rings. The molecule has 6 heteroatoms. The maximum absolute atomic E-state index is 12.3. The molecule has 0 bridgehead atoms. The Kier molecular flexibility index (Phi) is 4.30. The second kappa shape index (κ2) is 6.73. The summed E-state index contributed by atoms with van der Waals surface area (Å²) >= 11 is 0. The van der Waals surface area contributed by atoms with Crippen molar-refractivity contribution in [1.82, 2.24) is 25.4 Å². The van der Waals surface area contributed by atoms with Crippen molar-refractivity contribution in [2.75, 3.05) is 13.1 Å². The van der Waals surface area contributed by atoms with Crippen LogP contribution in [-0.2, 0) is 25.8 Å². The van der Waals surface area contributed by atoms with Gasteiger partial charge in [-0.25, -0.2) is 0 Å². The predicted octanol–water partition coefficient (Wildman–Crippen LogP) is 1.10. The Morgan fingerprint density at radius 1 is 1.33 bits per heavy atom. The molecule has 1 atom stereocenters. The van der Waals surface area contributed by atoms with Gasteiger partial charge in [0.1, 0.15) is 5.69 Å². The molecule has 2 N–H and O–H groups in total. The number of pyridine rings is 1. The van der Waals surface area contributed by atoms with Crippen molar-refractivity contribution in [1.29, 1.82) is 0 Å². The lowest BCUT2D eigenvalue weighted by molar-refractivity contribution is 0.0949. The predicted molar refractivity (Wildman–Crippen MR) is 90.9 cm³/mol. The van der Waals surface area contributed by atoms with Crippen molar-refractivity contribution >= 4 is 5.91 Å². The Morgan fingerprint density at radius 2 is 2.21 bits per heavy atom. The number of aromatic nitrogens is 3. The van der Waals surface area contributed by atoms with Gasteiger partial charge >= 0.3 is 0 Å². The molecule has 0 fully saturated rings. The Hall–Kier alpha value is -2.21. The number of hydrogen-bond acceptors (Lipinski definition) is 4. The normalized spacial score (nSPS) is 20.0. The van der Waals surface area contributed by atoms with Crippen LogP contribution in [0.5, 0.6) is 0 Å². The van der Waals surface area contributed by atoms with E-state index < -0.39 is 0 Å². The standard InChI is InChI=1S/C18H23N5O/c24-18-17-15-12-14(20-10-6-13-4-8-19-9-5-13)2-3-16(15)22-23(17)11-1-7-21-18/h4-5,8-9,14,20H,1-3,6-7,10-12H2,(H,21,24). The van der Waals surface area contributed by atoms with Crippen molar-refractivity contribution in [2.24, 2.45) is 0 Å². The summed E-state index contributed by atoms with van der Waals surface area (Å²) in [7, 11) is 0. The van der Waals surface area contributed by atoms with Crippen molar-refractivity contribution in [3.05, 3.63) is 47.0 Å². The second-order valence-corrected chi connectivity index (χ2v) is 6.61. The van der Waals surface area contributed by atoms with Crippen LogP contribution in [0, 0.1) is 0 Å². The molecule has 0 saturated carbocycles. The van der Waals surface area contributed by atoms with Gasteiger partial charge in [-0.05, 0) is 56.3 Å². The second-order valence-electron chi connectivity index (χ2n) is 6.61. The van der Waals surface area contributed by atoms with Crippen LogP contribution in [0.15, 0.2) is 24.5 Å². The van der Waals surface area contributed by atoms with Gasteiger partial charge in [0.25, 0.3) is 5.91 Å². The van der Waals surface area contributed by atoms with Gasteiger partial charge in [0.05, 0.1) is 5.69 Å². The van der Waals surface area contributed by atoms with E-state index in [4.69, 9.17) is 0 Å². The van der Waals surface area contributed by atoms with Crippen molar-refractivity contribution in [3.63, 3.8) is 0 Å². The van der Waals surface area contributed by atoms with E-state index in [0.717, 1.165) is 68.7 Å². The molecule has 2 aliphatic rings. The van der Waals surface area contributed by atoms with Crippen LogP contribution in [0.25, 0.3) is 0 Å². The summed E-state index contributed by atoms with van der Waals surface area (Å²) in [5, 5.41) is 11.3. The number of hydrogen-bond donors (Lipinski definition) is 2. The lowest BCUT2D eigenvalue weighted by atomic mass is 9.91. The van der Waals surface area contributed by atoms with E-state index in [-0.39, 0.29) is 5.91 Å². The van der Waals surface area contributed by atoms with Crippen molar-refractivity contribution in [3.8, 4) is 0 Å². The first-order valence-electron chi connectivity index (χ1n) is 8.80. The van der Waals surface area contributed by atoms with Crippen LogP contribution in [0.2, 0.25) is 0 Å². The van der Waals surface area contributed by atoms with Crippen LogP contribution >= 0.6 is 0 Å². The first kappa shape index (κ1) is 15.3. The van der Waals surface area contributed by atoms with Gasteiger partial charge in [-0.15, -0.1) is 0 Å². The van der Waals surface area contributed by atoms with E-state index in [1.54, 1.807) is 0 Å². The number of nitrogens with zero attached hydrogens (tertiary/aromatic N) is 3. The topological polar surface area (TPSA) is 71.8 Å². The maximum atomic E-state index is 12.3. The molecule has 0 spiro atoms. The summed E-state index contributed by atoms with van der Waals surface area (Å²) in [6, 6.07) is 4.54. The van der Waals surface area contributed by atoms with Gasteiger partial charge in [0.15, 0.2) is 0 Å². The van der Waals surface area contributed by atoms with Gasteiger partial charge in [0, 0.05) is 37.1 Å². The summed E-state index contributed by atoms with van der Waals surface area (Å²) in [5.41, 5.74) is 4.37. The molecule has 1 aliphatic carbocycles. The molecule has 126 valence electrons. The zero-order valence-corrected chi connectivity index (χ0v) is 13.8. The Balaban J connectivity index is 1.42. The molecule has 1 unspecified atom stereocenters. The molecule has 3 heterocycles. The average molecular weight is 325 g/mol. The number of nitrogens with one attached hydrogen (secondary N) is 2. The molecule has 0 saturated heterocycles. The van der Waals surface area contributed by atoms with E-state index in [1.807, 2.05) is 17.1 Å². The number of fused-ring (bicyclic) bond motifs is 3. The highest BCUT2D eigenvalue weighted by molar-refractivity contribution is 5.94. The molecule has 1 aliphatic heterocycles. The van der Waals surface area contributed by atoms with E-state index in [2.05, 4.69) is 32.8 Å². The Labute approximate surface area is 141 Å². The van der Waals surface area contributed by atoms with Gasteiger partial charge in [-0.2, -0.15) is 5.10 Å². The largest absolute Gasteiger partial charge is 0.351 e. The Bertz CT molecular complexity index is 725. The molecular formula is C18H23N5O. The third-order valence-corrected chi connectivity index (χ3v) is 4.96. The fraction of sp³-hybridized carbons (Fsp3) is 0.500. The highest BCUT2D eigenvalue weighted by atomic mass is 16.2. The van der Waals surface area contributed by atoms with Gasteiger partial charge in [-0.1, -0.05) is 0 Å². The molecule has 24 heavy (non-hydrogen) atoms. The van der Waals surface area contributed by atoms with Gasteiger partial charge in [-0.3, -0.25) is 14.5 Å². The van der Waals surface area contributed by atoms with Crippen molar-refractivity contribution < 1.29 is 4.79 Å². The van der Waals surface area contributed by atoms with Crippen LogP contribution in [-0.4, -0.2) is 39.8 Å². The molecular weight excluding hydrogens is 302 g/mol. The summed E-state index contributed by atoms with van der Waals surface area (Å²) in [5.74, 6) is 0.0404. The first-order chi connectivity index (χ1) is 11.8. The zero-order chi connectivity index (χ0) is 16.4. The molecule has 6 nitrogen and oxygen atoms in total. The number of rotatable bonds is 4. The minimum atomic E-state index is 0.0404. The molecule has 0 radical (unpaired) electrons. The van der Waals surface area contributed by atoms with E-state index >= 15 is 0 Å². The molecule has 4 rings (SSSR count). The van der Waals surface area contributed by atoms with Crippen LogP contribution in [0.4, 0.5) is 0 Å². The zero-order valence-electron chi connectivity index (χ0n) is 13.8. The molecule has 1 amide bonds. The van der Waals surface area contributed by atoms with E-state index in [9.17, 15) is 4.79 Å². The first-order valence-corrected chi connectivity index (χ1v) is 8.80. The number of carbonyl (C=O) groups excluding carboxylic acids is 1. The number of amides is 1. The van der Waals surface area contributed by atoms with Crippen LogP contribution in [0.3, 0.4) is 0 Å². The van der Waals surface area contributed by atoms with Crippen LogP contribution in [0.1, 0.15) is 40.2 Å². The lowest BCUT2D eigenvalue weighted by Crippen LogP contribution is -2.36. The minimum absolute atomic E-state index is 0.0404. The highest BCUT2D eigenvalue weighted by Gasteiger charge is 2.29. The van der Waals surface area contributed by atoms with E-state index in [1.165, 1.54) is 5.56 Å². The van der Waals surface area contributed by atoms with Crippen LogP contribution < -0.4 is 10.6 Å². The summed E-state index contributed by atoms with van der Waals surface area (Å²) < 4.78 is 1.92. The number of carbonyl (C=O) groups is 1. The average Bonchev–Trinajstić information content (AvgIpc) is 2.87. The quantitative estimate of drug-likeness (QED) is 0.883. The lowest BCUT2D eigenvalue weighted by Gasteiger charge is -2.23. The smallest absolute Gasteiger partial charge is 0.269 e. The van der Waals surface area contributed by atoms with Gasteiger partial charge in [0.2, 0.25) is 0 Å². The fourth-order valence-electron chi connectivity index (χ4n) is 3.70.